The van der Waals surface area contributed by atoms with Gasteiger partial charge >= 0.3 is 0 Å². The summed E-state index contributed by atoms with van der Waals surface area (Å²) in [6.45, 7) is 0.918. The van der Waals surface area contributed by atoms with Crippen LogP contribution in [-0.4, -0.2) is 30.7 Å². The quantitative estimate of drug-likeness (QED) is 0.754. The normalized spacial score (nSPS) is 12.6. The minimum Gasteiger partial charge on any atom is -0.497 e. The van der Waals surface area contributed by atoms with E-state index in [2.05, 4.69) is 44.5 Å². The Labute approximate surface area is 152 Å². The number of ether oxygens (including phenoxy) is 2. The Balaban J connectivity index is 1.61. The molecule has 0 unspecified atom stereocenters. The summed E-state index contributed by atoms with van der Waals surface area (Å²) in [6.07, 6.45) is 2.60. The van der Waals surface area contributed by atoms with Gasteiger partial charge in [0.05, 0.1) is 19.9 Å². The summed E-state index contributed by atoms with van der Waals surface area (Å²) in [5.41, 5.74) is 3.37. The third kappa shape index (κ3) is 3.01. The molecule has 3 aromatic rings. The topological polar surface area (TPSA) is 59.5 Å². The smallest absolute Gasteiger partial charge is 0.146 e. The zero-order valence-electron chi connectivity index (χ0n) is 14.8. The molecule has 0 saturated heterocycles. The van der Waals surface area contributed by atoms with Crippen molar-refractivity contribution in [2.24, 2.45) is 0 Å². The summed E-state index contributed by atoms with van der Waals surface area (Å²) in [5.74, 6) is 3.02. The Morgan fingerprint density at radius 3 is 2.73 bits per heavy atom. The molecular formula is C20H20N4O2. The van der Waals surface area contributed by atoms with Crippen molar-refractivity contribution in [3.05, 3.63) is 60.4 Å². The molecule has 2 heterocycles. The van der Waals surface area contributed by atoms with E-state index in [9.17, 15) is 0 Å². The summed E-state index contributed by atoms with van der Waals surface area (Å²) in [7, 11) is 3.26. The maximum Gasteiger partial charge on any atom is 0.146 e. The molecule has 6 heteroatoms. The van der Waals surface area contributed by atoms with E-state index in [4.69, 9.17) is 9.47 Å². The van der Waals surface area contributed by atoms with E-state index in [-0.39, 0.29) is 0 Å². The van der Waals surface area contributed by atoms with E-state index in [1.165, 1.54) is 11.3 Å². The Kier molecular flexibility index (Phi) is 4.31. The first-order valence-electron chi connectivity index (χ1n) is 8.45. The molecule has 4 rings (SSSR count). The molecule has 0 saturated carbocycles. The number of rotatable bonds is 5. The summed E-state index contributed by atoms with van der Waals surface area (Å²) < 4.78 is 10.7. The number of methoxy groups -OCH3 is 2. The molecule has 1 aliphatic heterocycles. The highest BCUT2D eigenvalue weighted by atomic mass is 16.5. The molecule has 0 aliphatic carbocycles. The van der Waals surface area contributed by atoms with Crippen LogP contribution in [0.25, 0.3) is 0 Å². The lowest BCUT2D eigenvalue weighted by molar-refractivity contribution is 0.395. The highest BCUT2D eigenvalue weighted by Crippen LogP contribution is 2.35. The van der Waals surface area contributed by atoms with Gasteiger partial charge in [-0.2, -0.15) is 0 Å². The second-order valence-electron chi connectivity index (χ2n) is 5.98. The molecule has 0 fully saturated rings. The van der Waals surface area contributed by atoms with Crippen molar-refractivity contribution >= 4 is 23.0 Å². The molecular weight excluding hydrogens is 328 g/mol. The van der Waals surface area contributed by atoms with E-state index < -0.39 is 0 Å². The molecule has 6 nitrogen and oxygen atoms in total. The summed E-state index contributed by atoms with van der Waals surface area (Å²) in [5, 5.41) is 3.30. The molecule has 132 valence electrons. The summed E-state index contributed by atoms with van der Waals surface area (Å²) >= 11 is 0. The largest absolute Gasteiger partial charge is 0.497 e. The van der Waals surface area contributed by atoms with E-state index >= 15 is 0 Å². The number of fused-ring (bicyclic) bond motifs is 1. The summed E-state index contributed by atoms with van der Waals surface area (Å²) in [6, 6.07) is 16.0. The maximum atomic E-state index is 5.44. The molecule has 0 amide bonds. The van der Waals surface area contributed by atoms with Crippen molar-refractivity contribution < 1.29 is 9.47 Å². The first-order chi connectivity index (χ1) is 12.8. The number of hydrogen-bond donors (Lipinski definition) is 1. The number of benzene rings is 2. The van der Waals surface area contributed by atoms with Crippen molar-refractivity contribution in [2.75, 3.05) is 31.0 Å². The van der Waals surface area contributed by atoms with Crippen LogP contribution in [0, 0.1) is 0 Å². The number of nitrogens with zero attached hydrogens (tertiary/aromatic N) is 3. The third-order valence-electron chi connectivity index (χ3n) is 4.49. The van der Waals surface area contributed by atoms with Crippen molar-refractivity contribution in [1.29, 1.82) is 0 Å². The van der Waals surface area contributed by atoms with Gasteiger partial charge in [0.25, 0.3) is 0 Å². The van der Waals surface area contributed by atoms with Crippen LogP contribution < -0.4 is 19.7 Å². The van der Waals surface area contributed by atoms with Crippen LogP contribution in [0.5, 0.6) is 11.5 Å². The van der Waals surface area contributed by atoms with Crippen LogP contribution in [0.15, 0.2) is 54.9 Å². The van der Waals surface area contributed by atoms with Crippen LogP contribution in [0.3, 0.4) is 0 Å². The van der Waals surface area contributed by atoms with Crippen LogP contribution in [-0.2, 0) is 6.42 Å². The first kappa shape index (κ1) is 16.2. The lowest BCUT2D eigenvalue weighted by atomic mass is 10.2. The summed E-state index contributed by atoms with van der Waals surface area (Å²) in [4.78, 5) is 11.0. The average molecular weight is 348 g/mol. The van der Waals surface area contributed by atoms with E-state index in [0.29, 0.717) is 11.6 Å². The Hall–Kier alpha value is -3.28. The fraction of sp³-hybridized carbons (Fsp3) is 0.200. The number of nitrogens with one attached hydrogen (secondary N) is 1. The van der Waals surface area contributed by atoms with Gasteiger partial charge < -0.3 is 19.7 Å². The van der Waals surface area contributed by atoms with E-state index in [1.54, 1.807) is 20.5 Å². The predicted molar refractivity (Wildman–Crippen MR) is 102 cm³/mol. The molecule has 1 aromatic heterocycles. The van der Waals surface area contributed by atoms with Crippen molar-refractivity contribution in [2.45, 2.75) is 6.42 Å². The van der Waals surface area contributed by atoms with Crippen LogP contribution >= 0.6 is 0 Å². The molecule has 1 N–H and O–H groups in total. The molecule has 26 heavy (non-hydrogen) atoms. The van der Waals surface area contributed by atoms with Gasteiger partial charge in [0, 0.05) is 24.4 Å². The van der Waals surface area contributed by atoms with Crippen molar-refractivity contribution in [3.63, 3.8) is 0 Å². The standard InChI is InChI=1S/C20H20N4O2/c1-25-15-7-8-16(18(11-15)26-2)23-19-12-20(22-13-21-19)24-10-9-14-5-3-4-6-17(14)24/h3-8,11-13H,9-10H2,1-2H3,(H,21,22,23). The van der Waals surface area contributed by atoms with E-state index in [0.717, 1.165) is 30.2 Å². The van der Waals surface area contributed by atoms with Crippen molar-refractivity contribution in [1.82, 2.24) is 9.97 Å². The van der Waals surface area contributed by atoms with Gasteiger partial charge in [-0.3, -0.25) is 0 Å². The second-order valence-corrected chi connectivity index (χ2v) is 5.98. The predicted octanol–water partition coefficient (Wildman–Crippen LogP) is 3.93. The SMILES string of the molecule is COc1ccc(Nc2cc(N3CCc4ccccc43)ncn2)c(OC)c1. The molecule has 0 radical (unpaired) electrons. The van der Waals surface area contributed by atoms with Crippen molar-refractivity contribution in [3.8, 4) is 11.5 Å². The molecule has 0 atom stereocenters. The molecule has 0 spiro atoms. The fourth-order valence-electron chi connectivity index (χ4n) is 3.18. The molecule has 2 aromatic carbocycles. The second kappa shape index (κ2) is 6.92. The first-order valence-corrected chi connectivity index (χ1v) is 8.45. The molecule has 1 aliphatic rings. The average Bonchev–Trinajstić information content (AvgIpc) is 3.13. The van der Waals surface area contributed by atoms with Crippen LogP contribution in [0.1, 0.15) is 5.56 Å². The monoisotopic (exact) mass is 348 g/mol. The highest BCUT2D eigenvalue weighted by molar-refractivity contribution is 5.71. The highest BCUT2D eigenvalue weighted by Gasteiger charge is 2.21. The van der Waals surface area contributed by atoms with Gasteiger partial charge in [0.2, 0.25) is 0 Å². The van der Waals surface area contributed by atoms with Gasteiger partial charge in [-0.15, -0.1) is 0 Å². The Bertz CT molecular complexity index is 929. The minimum atomic E-state index is 0.691. The van der Waals surface area contributed by atoms with Crippen LogP contribution in [0.2, 0.25) is 0 Å². The van der Waals surface area contributed by atoms with Gasteiger partial charge in [-0.1, -0.05) is 18.2 Å². The molecule has 0 bridgehead atoms. The van der Waals surface area contributed by atoms with Crippen LogP contribution in [0.4, 0.5) is 23.0 Å². The third-order valence-corrected chi connectivity index (χ3v) is 4.49. The Morgan fingerprint density at radius 2 is 1.88 bits per heavy atom. The maximum absolute atomic E-state index is 5.44. The van der Waals surface area contributed by atoms with Gasteiger partial charge in [0.15, 0.2) is 0 Å². The number of anilines is 4. The van der Waals surface area contributed by atoms with Gasteiger partial charge in [0.1, 0.15) is 29.5 Å². The zero-order chi connectivity index (χ0) is 17.9. The fourth-order valence-corrected chi connectivity index (χ4v) is 3.18. The van der Waals surface area contributed by atoms with Gasteiger partial charge in [-0.25, -0.2) is 9.97 Å². The number of aromatic nitrogens is 2. The Morgan fingerprint density at radius 1 is 1.00 bits per heavy atom. The number of hydrogen-bond acceptors (Lipinski definition) is 6. The van der Waals surface area contributed by atoms with E-state index in [1.807, 2.05) is 24.3 Å². The lowest BCUT2D eigenvalue weighted by Gasteiger charge is -2.19. The lowest BCUT2D eigenvalue weighted by Crippen LogP contribution is -2.15. The minimum absolute atomic E-state index is 0.691. The number of para-hydroxylation sites is 1. The van der Waals surface area contributed by atoms with Gasteiger partial charge in [-0.05, 0) is 30.2 Å². The zero-order valence-corrected chi connectivity index (χ0v) is 14.8.